The number of hydrogen-bond donors (Lipinski definition) is 1. The lowest BCUT2D eigenvalue weighted by Crippen LogP contribution is -2.45. The van der Waals surface area contributed by atoms with Crippen LogP contribution in [0, 0.1) is 12.8 Å². The first kappa shape index (κ1) is 14.6. The molecule has 3 heteroatoms. The number of carbonyl (C=O) groups excluding carboxylic acids is 1. The molecule has 3 rings (SSSR count). The molecule has 4 unspecified atom stereocenters. The molecule has 1 aliphatic heterocycles. The molecule has 1 saturated carbocycles. The molecule has 4 atom stereocenters. The van der Waals surface area contributed by atoms with Gasteiger partial charge in [-0.2, -0.15) is 0 Å². The first-order chi connectivity index (χ1) is 10.1. The Morgan fingerprint density at radius 2 is 1.95 bits per heavy atom. The molecule has 1 aliphatic carbocycles. The fourth-order valence-corrected chi connectivity index (χ4v) is 3.90. The molecule has 0 spiro atoms. The van der Waals surface area contributed by atoms with Gasteiger partial charge in [0.05, 0.1) is 6.04 Å². The maximum Gasteiger partial charge on any atom is 0.241 e. The number of amides is 1. The molecule has 1 amide bonds. The van der Waals surface area contributed by atoms with Crippen LogP contribution in [0.1, 0.15) is 56.8 Å². The normalized spacial score (nSPS) is 33.5. The van der Waals surface area contributed by atoms with Gasteiger partial charge in [0.2, 0.25) is 5.91 Å². The van der Waals surface area contributed by atoms with Crippen LogP contribution in [0.25, 0.3) is 0 Å². The molecule has 114 valence electrons. The second-order valence-electron chi connectivity index (χ2n) is 6.78. The monoisotopic (exact) mass is 286 g/mol. The minimum atomic E-state index is -0.0790. The molecule has 3 nitrogen and oxygen atoms in total. The zero-order valence-electron chi connectivity index (χ0n) is 13.3. The van der Waals surface area contributed by atoms with Crippen molar-refractivity contribution in [2.45, 2.75) is 64.7 Å². The van der Waals surface area contributed by atoms with Crippen LogP contribution in [0.4, 0.5) is 0 Å². The minimum Gasteiger partial charge on any atom is -0.318 e. The first-order valence-electron chi connectivity index (χ1n) is 8.22. The third kappa shape index (κ3) is 2.71. The van der Waals surface area contributed by atoms with Gasteiger partial charge in [0.25, 0.3) is 0 Å². The Hall–Kier alpha value is -1.35. The highest BCUT2D eigenvalue weighted by Gasteiger charge is 2.43. The number of benzene rings is 1. The second-order valence-corrected chi connectivity index (χ2v) is 6.78. The van der Waals surface area contributed by atoms with Crippen molar-refractivity contribution in [2.24, 2.45) is 5.92 Å². The number of nitrogens with one attached hydrogen (secondary N) is 1. The zero-order chi connectivity index (χ0) is 15.0. The molecule has 1 aromatic carbocycles. The largest absolute Gasteiger partial charge is 0.318 e. The maximum absolute atomic E-state index is 12.7. The smallest absolute Gasteiger partial charge is 0.241 e. The minimum absolute atomic E-state index is 0.0398. The van der Waals surface area contributed by atoms with E-state index in [0.717, 1.165) is 6.42 Å². The van der Waals surface area contributed by atoms with E-state index in [2.05, 4.69) is 48.3 Å². The van der Waals surface area contributed by atoms with E-state index in [9.17, 15) is 4.79 Å². The number of carbonyl (C=O) groups is 1. The average molecular weight is 286 g/mol. The lowest BCUT2D eigenvalue weighted by Gasteiger charge is -2.39. The molecule has 1 heterocycles. The fraction of sp³-hybridized carbons (Fsp3) is 0.611. The number of nitrogens with zero attached hydrogens (tertiary/aromatic N) is 1. The van der Waals surface area contributed by atoms with Crippen LogP contribution in [0.15, 0.2) is 24.3 Å². The molecular formula is C18H26N2O. The number of aryl methyl sites for hydroxylation is 1. The van der Waals surface area contributed by atoms with Crippen molar-refractivity contribution in [1.82, 2.24) is 10.2 Å². The van der Waals surface area contributed by atoms with Gasteiger partial charge in [0.15, 0.2) is 0 Å². The molecule has 2 aliphatic rings. The summed E-state index contributed by atoms with van der Waals surface area (Å²) < 4.78 is 0. The van der Waals surface area contributed by atoms with E-state index >= 15 is 0 Å². The van der Waals surface area contributed by atoms with Crippen LogP contribution >= 0.6 is 0 Å². The Labute approximate surface area is 127 Å². The third-order valence-electron chi connectivity index (χ3n) is 5.09. The highest BCUT2D eigenvalue weighted by Crippen LogP contribution is 2.36. The van der Waals surface area contributed by atoms with E-state index in [0.29, 0.717) is 12.0 Å². The Balaban J connectivity index is 1.92. The Morgan fingerprint density at radius 3 is 2.67 bits per heavy atom. The predicted molar refractivity (Wildman–Crippen MR) is 84.8 cm³/mol. The van der Waals surface area contributed by atoms with Crippen LogP contribution in [-0.4, -0.2) is 22.9 Å². The highest BCUT2D eigenvalue weighted by atomic mass is 16.2. The van der Waals surface area contributed by atoms with Crippen molar-refractivity contribution in [3.8, 4) is 0 Å². The first-order valence-corrected chi connectivity index (χ1v) is 8.22. The average Bonchev–Trinajstić information content (AvgIpc) is 2.76. The predicted octanol–water partition coefficient (Wildman–Crippen LogP) is 3.39. The summed E-state index contributed by atoms with van der Waals surface area (Å²) in [6.45, 7) is 6.39. The summed E-state index contributed by atoms with van der Waals surface area (Å²) in [5.74, 6) is 0.863. The topological polar surface area (TPSA) is 32.3 Å². The van der Waals surface area contributed by atoms with Crippen LogP contribution in [0.3, 0.4) is 0 Å². The summed E-state index contributed by atoms with van der Waals surface area (Å²) >= 11 is 0. The van der Waals surface area contributed by atoms with Crippen molar-refractivity contribution in [2.75, 3.05) is 0 Å². The van der Waals surface area contributed by atoms with Gasteiger partial charge in [-0.25, -0.2) is 0 Å². The van der Waals surface area contributed by atoms with E-state index in [-0.39, 0.29) is 18.1 Å². The van der Waals surface area contributed by atoms with Gasteiger partial charge in [0.1, 0.15) is 6.17 Å². The van der Waals surface area contributed by atoms with Crippen LogP contribution < -0.4 is 5.32 Å². The lowest BCUT2D eigenvalue weighted by molar-refractivity contribution is -0.134. The summed E-state index contributed by atoms with van der Waals surface area (Å²) in [6.07, 6.45) is 4.97. The number of hydrogen-bond acceptors (Lipinski definition) is 2. The van der Waals surface area contributed by atoms with Crippen molar-refractivity contribution in [3.63, 3.8) is 0 Å². The molecule has 2 fully saturated rings. The van der Waals surface area contributed by atoms with E-state index in [1.54, 1.807) is 0 Å². The molecule has 1 N–H and O–H groups in total. The standard InChI is InChI=1S/C18H26N2O/c1-12-7-6-9-15(11-12)17-19-14(3)18(21)20(17)16-10-5-4-8-13(16)2/h6-7,9,11,13-14,16-17,19H,4-5,8,10H2,1-3H3. The van der Waals surface area contributed by atoms with Gasteiger partial charge >= 0.3 is 0 Å². The van der Waals surface area contributed by atoms with E-state index in [4.69, 9.17) is 0 Å². The van der Waals surface area contributed by atoms with Crippen LogP contribution in [-0.2, 0) is 4.79 Å². The summed E-state index contributed by atoms with van der Waals surface area (Å²) in [5.41, 5.74) is 2.46. The molecule has 1 saturated heterocycles. The Kier molecular flexibility index (Phi) is 4.03. The van der Waals surface area contributed by atoms with E-state index in [1.165, 1.54) is 30.4 Å². The van der Waals surface area contributed by atoms with Gasteiger partial charge in [-0.15, -0.1) is 0 Å². The quantitative estimate of drug-likeness (QED) is 0.904. The summed E-state index contributed by atoms with van der Waals surface area (Å²) in [5, 5.41) is 3.49. The molecule has 21 heavy (non-hydrogen) atoms. The van der Waals surface area contributed by atoms with Gasteiger partial charge in [-0.3, -0.25) is 10.1 Å². The summed E-state index contributed by atoms with van der Waals surface area (Å²) in [4.78, 5) is 14.8. The Morgan fingerprint density at radius 1 is 1.19 bits per heavy atom. The maximum atomic E-state index is 12.7. The molecule has 1 aromatic rings. The molecule has 0 bridgehead atoms. The second kappa shape index (κ2) is 5.80. The molecule has 0 aromatic heterocycles. The van der Waals surface area contributed by atoms with Gasteiger partial charge < -0.3 is 4.90 Å². The zero-order valence-corrected chi connectivity index (χ0v) is 13.3. The summed E-state index contributed by atoms with van der Waals surface area (Å²) in [7, 11) is 0. The summed E-state index contributed by atoms with van der Waals surface area (Å²) in [6, 6.07) is 8.83. The van der Waals surface area contributed by atoms with Gasteiger partial charge in [0, 0.05) is 6.04 Å². The van der Waals surface area contributed by atoms with Crippen LogP contribution in [0.2, 0.25) is 0 Å². The Bertz CT molecular complexity index is 528. The van der Waals surface area contributed by atoms with Crippen molar-refractivity contribution < 1.29 is 4.79 Å². The van der Waals surface area contributed by atoms with E-state index in [1.807, 2.05) is 6.92 Å². The van der Waals surface area contributed by atoms with Crippen molar-refractivity contribution >= 4 is 5.91 Å². The SMILES string of the molecule is Cc1cccc(C2NC(C)C(=O)N2C2CCCCC2C)c1. The van der Waals surface area contributed by atoms with Crippen molar-refractivity contribution in [1.29, 1.82) is 0 Å². The van der Waals surface area contributed by atoms with E-state index < -0.39 is 0 Å². The highest BCUT2D eigenvalue weighted by molar-refractivity contribution is 5.84. The van der Waals surface area contributed by atoms with Crippen LogP contribution in [0.5, 0.6) is 0 Å². The third-order valence-corrected chi connectivity index (χ3v) is 5.09. The van der Waals surface area contributed by atoms with Crippen molar-refractivity contribution in [3.05, 3.63) is 35.4 Å². The fourth-order valence-electron chi connectivity index (χ4n) is 3.90. The molecule has 0 radical (unpaired) electrons. The number of rotatable bonds is 2. The van der Waals surface area contributed by atoms with Gasteiger partial charge in [-0.05, 0) is 38.2 Å². The molecular weight excluding hydrogens is 260 g/mol. The lowest BCUT2D eigenvalue weighted by atomic mass is 9.84. The van der Waals surface area contributed by atoms with Gasteiger partial charge in [-0.1, -0.05) is 49.6 Å².